The molecule has 1 aliphatic heterocycles. The summed E-state index contributed by atoms with van der Waals surface area (Å²) in [5.41, 5.74) is 2.37. The molecule has 1 aromatic heterocycles. The molecule has 1 unspecified atom stereocenters. The summed E-state index contributed by atoms with van der Waals surface area (Å²) in [6, 6.07) is 9.02. The number of benzene rings is 1. The third-order valence-corrected chi connectivity index (χ3v) is 4.20. The number of likely N-dealkylation sites (N-methyl/N-ethyl adjacent to an activating group) is 1. The molecule has 4 heteroatoms. The summed E-state index contributed by atoms with van der Waals surface area (Å²) in [6.45, 7) is 5.37. The number of hydrogen-bond acceptors (Lipinski definition) is 3. The van der Waals surface area contributed by atoms with E-state index in [0.29, 0.717) is 6.04 Å². The van der Waals surface area contributed by atoms with E-state index < -0.39 is 0 Å². The van der Waals surface area contributed by atoms with Crippen LogP contribution in [0.1, 0.15) is 24.2 Å². The molecule has 1 saturated heterocycles. The molecule has 1 N–H and O–H groups in total. The Morgan fingerprint density at radius 3 is 2.95 bits per heavy atom. The minimum absolute atomic E-state index is 0. The zero-order chi connectivity index (χ0) is 13.2. The van der Waals surface area contributed by atoms with Gasteiger partial charge in [0.1, 0.15) is 11.3 Å². The molecule has 1 atom stereocenters. The third kappa shape index (κ3) is 2.85. The molecule has 1 aromatic carbocycles. The number of nitrogens with one attached hydrogen (secondary N) is 1. The van der Waals surface area contributed by atoms with E-state index in [9.17, 15) is 0 Å². The largest absolute Gasteiger partial charge is 0.461 e. The fourth-order valence-electron chi connectivity index (χ4n) is 3.19. The van der Waals surface area contributed by atoms with Gasteiger partial charge in [-0.05, 0) is 39.4 Å². The van der Waals surface area contributed by atoms with Crippen molar-refractivity contribution >= 4 is 23.4 Å². The smallest absolute Gasteiger partial charge is 0.134 e. The van der Waals surface area contributed by atoms with Crippen LogP contribution in [-0.4, -0.2) is 31.1 Å². The van der Waals surface area contributed by atoms with Crippen LogP contribution in [0, 0.1) is 6.92 Å². The summed E-state index contributed by atoms with van der Waals surface area (Å²) in [7, 11) is 2.04. The number of likely N-dealkylation sites (tertiary alicyclic amines) is 1. The predicted molar refractivity (Wildman–Crippen MR) is 85.6 cm³/mol. The normalized spacial score (nSPS) is 19.4. The summed E-state index contributed by atoms with van der Waals surface area (Å²) in [5.74, 6) is 1.07. The highest BCUT2D eigenvalue weighted by molar-refractivity contribution is 5.85. The van der Waals surface area contributed by atoms with E-state index >= 15 is 0 Å². The van der Waals surface area contributed by atoms with Gasteiger partial charge in [-0.2, -0.15) is 0 Å². The van der Waals surface area contributed by atoms with Gasteiger partial charge in [-0.15, -0.1) is 12.4 Å². The number of furan rings is 1. The average Bonchev–Trinajstić information content (AvgIpc) is 2.97. The molecule has 3 rings (SSSR count). The summed E-state index contributed by atoms with van der Waals surface area (Å²) in [6.07, 6.45) is 2.61. The Balaban J connectivity index is 0.00000147. The molecule has 0 saturated carbocycles. The van der Waals surface area contributed by atoms with Crippen LogP contribution in [0.15, 0.2) is 28.7 Å². The van der Waals surface area contributed by atoms with Gasteiger partial charge in [0.05, 0.1) is 0 Å². The first-order valence-corrected chi connectivity index (χ1v) is 7.15. The quantitative estimate of drug-likeness (QED) is 0.937. The molecular weight excluding hydrogens is 272 g/mol. The Morgan fingerprint density at radius 2 is 2.15 bits per heavy atom. The van der Waals surface area contributed by atoms with Crippen molar-refractivity contribution in [2.45, 2.75) is 32.4 Å². The van der Waals surface area contributed by atoms with Crippen LogP contribution in [0.2, 0.25) is 0 Å². The first-order chi connectivity index (χ1) is 9.29. The second kappa shape index (κ2) is 6.61. The molecule has 0 aliphatic carbocycles. The number of aryl methyl sites for hydroxylation is 1. The Morgan fingerprint density at radius 1 is 1.35 bits per heavy atom. The van der Waals surface area contributed by atoms with Gasteiger partial charge in [0.2, 0.25) is 0 Å². The van der Waals surface area contributed by atoms with Gasteiger partial charge in [0, 0.05) is 30.1 Å². The molecule has 2 aromatic rings. The highest BCUT2D eigenvalue weighted by atomic mass is 35.5. The lowest BCUT2D eigenvalue weighted by atomic mass is 10.1. The number of para-hydroxylation sites is 1. The zero-order valence-electron chi connectivity index (χ0n) is 12.2. The summed E-state index contributed by atoms with van der Waals surface area (Å²) < 4.78 is 5.86. The standard InChI is InChI=1S/C16H22N2O.ClH/c1-12-15(14-7-3-4-8-16(14)19-12)11-18-9-5-6-13(18)10-17-2;/h3-4,7-8,13,17H,5-6,9-11H2,1-2H3;1H. The first-order valence-electron chi connectivity index (χ1n) is 7.15. The molecule has 1 aliphatic rings. The van der Waals surface area contributed by atoms with E-state index in [2.05, 4.69) is 35.3 Å². The molecule has 110 valence electrons. The van der Waals surface area contributed by atoms with Crippen LogP contribution in [0.5, 0.6) is 0 Å². The fourth-order valence-corrected chi connectivity index (χ4v) is 3.19. The monoisotopic (exact) mass is 294 g/mol. The lowest BCUT2D eigenvalue weighted by molar-refractivity contribution is 0.241. The van der Waals surface area contributed by atoms with Crippen LogP contribution in [-0.2, 0) is 6.54 Å². The molecule has 0 amide bonds. The third-order valence-electron chi connectivity index (χ3n) is 4.20. The molecule has 0 bridgehead atoms. The lowest BCUT2D eigenvalue weighted by Crippen LogP contribution is -2.36. The van der Waals surface area contributed by atoms with Crippen LogP contribution in [0.3, 0.4) is 0 Å². The van der Waals surface area contributed by atoms with Crippen LogP contribution in [0.25, 0.3) is 11.0 Å². The van der Waals surface area contributed by atoms with E-state index in [1.807, 2.05) is 13.1 Å². The summed E-state index contributed by atoms with van der Waals surface area (Å²) in [4.78, 5) is 2.58. The van der Waals surface area contributed by atoms with Crippen LogP contribution >= 0.6 is 12.4 Å². The Hall–Kier alpha value is -1.03. The topological polar surface area (TPSA) is 28.4 Å². The van der Waals surface area contributed by atoms with Gasteiger partial charge in [0.15, 0.2) is 0 Å². The van der Waals surface area contributed by atoms with Gasteiger partial charge in [0.25, 0.3) is 0 Å². The second-order valence-electron chi connectivity index (χ2n) is 5.46. The fraction of sp³-hybridized carbons (Fsp3) is 0.500. The van der Waals surface area contributed by atoms with E-state index in [0.717, 1.165) is 24.4 Å². The van der Waals surface area contributed by atoms with Gasteiger partial charge in [-0.1, -0.05) is 18.2 Å². The number of halogens is 1. The Bertz CT molecular complexity index is 567. The molecular formula is C16H23ClN2O. The van der Waals surface area contributed by atoms with Gasteiger partial charge >= 0.3 is 0 Å². The van der Waals surface area contributed by atoms with E-state index in [-0.39, 0.29) is 12.4 Å². The Kier molecular flexibility index (Phi) is 5.08. The minimum atomic E-state index is 0. The zero-order valence-corrected chi connectivity index (χ0v) is 13.0. The second-order valence-corrected chi connectivity index (χ2v) is 5.46. The molecule has 0 spiro atoms. The van der Waals surface area contributed by atoms with Crippen molar-refractivity contribution in [1.29, 1.82) is 0 Å². The van der Waals surface area contributed by atoms with Crippen molar-refractivity contribution < 1.29 is 4.42 Å². The first kappa shape index (κ1) is 15.4. The average molecular weight is 295 g/mol. The van der Waals surface area contributed by atoms with E-state index in [4.69, 9.17) is 4.42 Å². The molecule has 1 fully saturated rings. The number of nitrogens with zero attached hydrogens (tertiary/aromatic N) is 1. The SMILES string of the molecule is CNCC1CCCN1Cc1c(C)oc2ccccc12.Cl. The van der Waals surface area contributed by atoms with Crippen molar-refractivity contribution in [3.05, 3.63) is 35.6 Å². The van der Waals surface area contributed by atoms with E-state index in [1.165, 1.54) is 30.3 Å². The maximum absolute atomic E-state index is 5.86. The number of rotatable bonds is 4. The summed E-state index contributed by atoms with van der Waals surface area (Å²) >= 11 is 0. The number of fused-ring (bicyclic) bond motifs is 1. The van der Waals surface area contributed by atoms with E-state index in [1.54, 1.807) is 0 Å². The maximum Gasteiger partial charge on any atom is 0.134 e. The van der Waals surface area contributed by atoms with Gasteiger partial charge in [-0.3, -0.25) is 4.90 Å². The number of hydrogen-bond donors (Lipinski definition) is 1. The molecule has 2 heterocycles. The minimum Gasteiger partial charge on any atom is -0.461 e. The molecule has 20 heavy (non-hydrogen) atoms. The summed E-state index contributed by atoms with van der Waals surface area (Å²) in [5, 5.41) is 4.58. The molecule has 0 radical (unpaired) electrons. The Labute approximate surface area is 126 Å². The van der Waals surface area contributed by atoms with Crippen molar-refractivity contribution in [1.82, 2.24) is 10.2 Å². The lowest BCUT2D eigenvalue weighted by Gasteiger charge is -2.24. The maximum atomic E-state index is 5.86. The van der Waals surface area contributed by atoms with Crippen LogP contribution < -0.4 is 5.32 Å². The molecule has 3 nitrogen and oxygen atoms in total. The van der Waals surface area contributed by atoms with Gasteiger partial charge in [-0.25, -0.2) is 0 Å². The van der Waals surface area contributed by atoms with Crippen molar-refractivity contribution in [2.75, 3.05) is 20.1 Å². The van der Waals surface area contributed by atoms with Gasteiger partial charge < -0.3 is 9.73 Å². The van der Waals surface area contributed by atoms with Crippen molar-refractivity contribution in [3.63, 3.8) is 0 Å². The highest BCUT2D eigenvalue weighted by Gasteiger charge is 2.25. The van der Waals surface area contributed by atoms with Crippen molar-refractivity contribution in [2.24, 2.45) is 0 Å². The highest BCUT2D eigenvalue weighted by Crippen LogP contribution is 2.28. The van der Waals surface area contributed by atoms with Crippen molar-refractivity contribution in [3.8, 4) is 0 Å². The van der Waals surface area contributed by atoms with Crippen LogP contribution in [0.4, 0.5) is 0 Å². The predicted octanol–water partition coefficient (Wildman–Crippen LogP) is 3.35.